The number of hydrogen-bond acceptors (Lipinski definition) is 5. The molecule has 4 nitrogen and oxygen atoms in total. The molecule has 1 atom stereocenters. The molecule has 0 aliphatic rings. The second kappa shape index (κ2) is 7.16. The number of nitrogen functional groups attached to an aromatic ring is 1. The molecule has 1 unspecified atom stereocenters. The van der Waals surface area contributed by atoms with Crippen LogP contribution in [0.25, 0.3) is 0 Å². The number of nitrogens with one attached hydrogen (secondary N) is 1. The number of ether oxygens (including phenoxy) is 1. The van der Waals surface area contributed by atoms with Crippen LogP contribution in [0.5, 0.6) is 0 Å². The van der Waals surface area contributed by atoms with Crippen LogP contribution in [0.4, 0.5) is 11.4 Å². The number of hydrogen-bond donors (Lipinski definition) is 2. The minimum atomic E-state index is -0.352. The summed E-state index contributed by atoms with van der Waals surface area (Å²) in [7, 11) is 1.37. The number of anilines is 2. The number of methoxy groups -OCH3 is 1. The molecule has 0 heterocycles. The fourth-order valence-corrected chi connectivity index (χ4v) is 2.27. The molecule has 0 spiro atoms. The molecule has 18 heavy (non-hydrogen) atoms. The SMILES string of the molecule is COC(=O)c1ccc(N)c(NCC(C)CSC)c1. The number of esters is 1. The Morgan fingerprint density at radius 2 is 2.28 bits per heavy atom. The Balaban J connectivity index is 2.72. The van der Waals surface area contributed by atoms with Crippen molar-refractivity contribution >= 4 is 29.1 Å². The minimum absolute atomic E-state index is 0.352. The number of carbonyl (C=O) groups is 1. The van der Waals surface area contributed by atoms with Crippen molar-refractivity contribution in [2.24, 2.45) is 5.92 Å². The van der Waals surface area contributed by atoms with E-state index in [0.717, 1.165) is 18.0 Å². The summed E-state index contributed by atoms with van der Waals surface area (Å²) in [6.45, 7) is 3.00. The first-order chi connectivity index (χ1) is 8.58. The van der Waals surface area contributed by atoms with E-state index in [1.807, 2.05) is 11.8 Å². The monoisotopic (exact) mass is 268 g/mol. The van der Waals surface area contributed by atoms with E-state index >= 15 is 0 Å². The van der Waals surface area contributed by atoms with Gasteiger partial charge < -0.3 is 15.8 Å². The summed E-state index contributed by atoms with van der Waals surface area (Å²) < 4.78 is 4.68. The van der Waals surface area contributed by atoms with E-state index in [9.17, 15) is 4.79 Å². The predicted molar refractivity (Wildman–Crippen MR) is 78.2 cm³/mol. The van der Waals surface area contributed by atoms with Crippen molar-refractivity contribution in [1.82, 2.24) is 0 Å². The molecule has 3 N–H and O–H groups in total. The molecule has 0 aromatic heterocycles. The Morgan fingerprint density at radius 1 is 1.56 bits per heavy atom. The van der Waals surface area contributed by atoms with Crippen molar-refractivity contribution in [2.45, 2.75) is 6.92 Å². The Bertz CT molecular complexity index is 410. The summed E-state index contributed by atoms with van der Waals surface area (Å²) in [4.78, 5) is 11.4. The fraction of sp³-hybridized carbons (Fsp3) is 0.462. The van der Waals surface area contributed by atoms with Crippen molar-refractivity contribution in [3.63, 3.8) is 0 Å². The van der Waals surface area contributed by atoms with Gasteiger partial charge in [-0.15, -0.1) is 0 Å². The Labute approximate surface area is 112 Å². The summed E-state index contributed by atoms with van der Waals surface area (Å²) >= 11 is 1.82. The molecular formula is C13H20N2O2S. The molecule has 0 aliphatic heterocycles. The molecule has 0 amide bonds. The smallest absolute Gasteiger partial charge is 0.337 e. The molecule has 1 aromatic rings. The van der Waals surface area contributed by atoms with Gasteiger partial charge in [-0.1, -0.05) is 6.92 Å². The van der Waals surface area contributed by atoms with E-state index in [2.05, 4.69) is 23.2 Å². The summed E-state index contributed by atoms with van der Waals surface area (Å²) in [5, 5.41) is 3.27. The molecule has 5 heteroatoms. The third-order valence-corrected chi connectivity index (χ3v) is 3.47. The number of carbonyl (C=O) groups excluding carboxylic acids is 1. The van der Waals surface area contributed by atoms with Crippen LogP contribution >= 0.6 is 11.8 Å². The van der Waals surface area contributed by atoms with Crippen LogP contribution in [0.3, 0.4) is 0 Å². The van der Waals surface area contributed by atoms with Crippen molar-refractivity contribution in [3.8, 4) is 0 Å². The van der Waals surface area contributed by atoms with E-state index in [0.29, 0.717) is 17.2 Å². The standard InChI is InChI=1S/C13H20N2O2S/c1-9(8-18-3)7-15-12-6-10(13(16)17-2)4-5-11(12)14/h4-6,9,15H,7-8,14H2,1-3H3. The average Bonchev–Trinajstić information content (AvgIpc) is 2.37. The zero-order valence-electron chi connectivity index (χ0n) is 11.0. The molecule has 1 aromatic carbocycles. The fourth-order valence-electron chi connectivity index (χ4n) is 1.58. The van der Waals surface area contributed by atoms with Gasteiger partial charge >= 0.3 is 5.97 Å². The lowest BCUT2D eigenvalue weighted by Crippen LogP contribution is -2.14. The van der Waals surface area contributed by atoms with Gasteiger partial charge in [0, 0.05) is 6.54 Å². The van der Waals surface area contributed by atoms with Gasteiger partial charge in [0.15, 0.2) is 0 Å². The lowest BCUT2D eigenvalue weighted by molar-refractivity contribution is 0.0601. The maximum absolute atomic E-state index is 11.4. The largest absolute Gasteiger partial charge is 0.465 e. The highest BCUT2D eigenvalue weighted by Crippen LogP contribution is 2.21. The predicted octanol–water partition coefficient (Wildman–Crippen LogP) is 2.47. The summed E-state index contributed by atoms with van der Waals surface area (Å²) in [5.41, 5.74) is 7.80. The third kappa shape index (κ3) is 4.14. The molecular weight excluding hydrogens is 248 g/mol. The average molecular weight is 268 g/mol. The molecule has 0 saturated carbocycles. The molecule has 0 fully saturated rings. The van der Waals surface area contributed by atoms with Crippen molar-refractivity contribution < 1.29 is 9.53 Å². The molecule has 0 saturated heterocycles. The van der Waals surface area contributed by atoms with Crippen LogP contribution in [-0.4, -0.2) is 31.6 Å². The Hall–Kier alpha value is -1.36. The highest BCUT2D eigenvalue weighted by atomic mass is 32.2. The quantitative estimate of drug-likeness (QED) is 0.613. The number of rotatable bonds is 6. The zero-order valence-corrected chi connectivity index (χ0v) is 11.8. The number of nitrogens with two attached hydrogens (primary N) is 1. The van der Waals surface area contributed by atoms with Gasteiger partial charge in [0.2, 0.25) is 0 Å². The normalized spacial score (nSPS) is 11.9. The number of benzene rings is 1. The van der Waals surface area contributed by atoms with Crippen molar-refractivity contribution in [2.75, 3.05) is 36.7 Å². The first kappa shape index (κ1) is 14.7. The molecule has 100 valence electrons. The van der Waals surface area contributed by atoms with E-state index in [1.54, 1.807) is 18.2 Å². The lowest BCUT2D eigenvalue weighted by atomic mass is 10.1. The Kier molecular flexibility index (Phi) is 5.85. The van der Waals surface area contributed by atoms with Crippen LogP contribution in [0.1, 0.15) is 17.3 Å². The van der Waals surface area contributed by atoms with Crippen LogP contribution in [0, 0.1) is 5.92 Å². The van der Waals surface area contributed by atoms with E-state index < -0.39 is 0 Å². The van der Waals surface area contributed by atoms with Crippen LogP contribution in [-0.2, 0) is 4.74 Å². The van der Waals surface area contributed by atoms with Crippen LogP contribution < -0.4 is 11.1 Å². The Morgan fingerprint density at radius 3 is 2.89 bits per heavy atom. The highest BCUT2D eigenvalue weighted by molar-refractivity contribution is 7.98. The molecule has 0 bridgehead atoms. The van der Waals surface area contributed by atoms with Gasteiger partial charge in [0.1, 0.15) is 0 Å². The van der Waals surface area contributed by atoms with Gasteiger partial charge in [-0.2, -0.15) is 11.8 Å². The van der Waals surface area contributed by atoms with Crippen LogP contribution in [0.2, 0.25) is 0 Å². The third-order valence-electron chi connectivity index (χ3n) is 2.57. The first-order valence-corrected chi connectivity index (χ1v) is 7.18. The zero-order chi connectivity index (χ0) is 13.5. The first-order valence-electron chi connectivity index (χ1n) is 5.79. The van der Waals surface area contributed by atoms with E-state index in [-0.39, 0.29) is 5.97 Å². The maximum atomic E-state index is 11.4. The summed E-state index contributed by atoms with van der Waals surface area (Å²) in [5.74, 6) is 1.28. The van der Waals surface area contributed by atoms with E-state index in [4.69, 9.17) is 5.73 Å². The summed E-state index contributed by atoms with van der Waals surface area (Å²) in [6, 6.07) is 5.11. The molecule has 0 aliphatic carbocycles. The van der Waals surface area contributed by atoms with Gasteiger partial charge in [0.05, 0.1) is 24.0 Å². The van der Waals surface area contributed by atoms with Crippen LogP contribution in [0.15, 0.2) is 18.2 Å². The highest BCUT2D eigenvalue weighted by Gasteiger charge is 2.09. The van der Waals surface area contributed by atoms with Crippen molar-refractivity contribution in [3.05, 3.63) is 23.8 Å². The van der Waals surface area contributed by atoms with E-state index in [1.165, 1.54) is 7.11 Å². The maximum Gasteiger partial charge on any atom is 0.337 e. The lowest BCUT2D eigenvalue weighted by Gasteiger charge is -2.14. The summed E-state index contributed by atoms with van der Waals surface area (Å²) in [6.07, 6.45) is 2.09. The second-order valence-corrected chi connectivity index (χ2v) is 5.15. The van der Waals surface area contributed by atoms with Gasteiger partial charge in [-0.3, -0.25) is 0 Å². The van der Waals surface area contributed by atoms with Gasteiger partial charge in [0.25, 0.3) is 0 Å². The number of thioether (sulfide) groups is 1. The topological polar surface area (TPSA) is 64.3 Å². The van der Waals surface area contributed by atoms with Gasteiger partial charge in [-0.05, 0) is 36.1 Å². The molecule has 1 rings (SSSR count). The van der Waals surface area contributed by atoms with Gasteiger partial charge in [-0.25, -0.2) is 4.79 Å². The minimum Gasteiger partial charge on any atom is -0.465 e. The second-order valence-electron chi connectivity index (χ2n) is 4.24. The van der Waals surface area contributed by atoms with Crippen molar-refractivity contribution in [1.29, 1.82) is 0 Å². The molecule has 0 radical (unpaired) electrons.